The molecule has 0 heterocycles. The number of aliphatic hydroxyl groups excluding tert-OH is 1. The van der Waals surface area contributed by atoms with Crippen molar-refractivity contribution in [2.75, 3.05) is 0 Å². The Kier molecular flexibility index (Phi) is 4.82. The van der Waals surface area contributed by atoms with Gasteiger partial charge in [0.25, 0.3) is 0 Å². The molecule has 1 nitrogen and oxygen atoms in total. The fourth-order valence-electron chi connectivity index (χ4n) is 11.2. The molecule has 0 aromatic carbocycles. The number of aliphatic hydroxyl groups is 1. The first-order valence-electron chi connectivity index (χ1n) is 13.7. The molecule has 5 aliphatic carbocycles. The Morgan fingerprint density at radius 1 is 0.806 bits per heavy atom. The van der Waals surface area contributed by atoms with Crippen LogP contribution in [0.1, 0.15) is 113 Å². The van der Waals surface area contributed by atoms with Gasteiger partial charge in [-0.25, -0.2) is 0 Å². The van der Waals surface area contributed by atoms with Gasteiger partial charge in [-0.2, -0.15) is 0 Å². The molecule has 0 aromatic rings. The van der Waals surface area contributed by atoms with E-state index in [1.807, 2.05) is 5.57 Å². The largest absolute Gasteiger partial charge is 0.393 e. The molecule has 0 aromatic heterocycles. The zero-order chi connectivity index (χ0) is 22.6. The van der Waals surface area contributed by atoms with Crippen molar-refractivity contribution in [3.63, 3.8) is 0 Å². The van der Waals surface area contributed by atoms with Crippen LogP contribution in [0.5, 0.6) is 0 Å². The second-order valence-electron chi connectivity index (χ2n) is 14.7. The van der Waals surface area contributed by atoms with Crippen LogP contribution in [0.2, 0.25) is 0 Å². The topological polar surface area (TPSA) is 20.2 Å². The van der Waals surface area contributed by atoms with Crippen LogP contribution in [-0.4, -0.2) is 11.2 Å². The third-order valence-corrected chi connectivity index (χ3v) is 13.3. The lowest BCUT2D eigenvalue weighted by atomic mass is 9.35. The van der Waals surface area contributed by atoms with E-state index >= 15 is 0 Å². The van der Waals surface area contributed by atoms with Crippen molar-refractivity contribution in [1.82, 2.24) is 0 Å². The van der Waals surface area contributed by atoms with Gasteiger partial charge in [-0.1, -0.05) is 67.0 Å². The fraction of sp³-hybridized carbons (Fsp3) is 0.933. The molecule has 5 rings (SSSR count). The predicted molar refractivity (Wildman–Crippen MR) is 131 cm³/mol. The highest BCUT2D eigenvalue weighted by molar-refractivity contribution is 5.33. The highest BCUT2D eigenvalue weighted by Crippen LogP contribution is 2.76. The average Bonchev–Trinajstić information content (AvgIpc) is 3.05. The van der Waals surface area contributed by atoms with Crippen LogP contribution in [0.25, 0.3) is 0 Å². The van der Waals surface area contributed by atoms with E-state index in [0.29, 0.717) is 27.6 Å². The Balaban J connectivity index is 1.55. The summed E-state index contributed by atoms with van der Waals surface area (Å²) in [6.07, 6.45) is 14.5. The Hall–Kier alpha value is -0.300. The zero-order valence-electron chi connectivity index (χ0n) is 21.9. The molecule has 0 saturated heterocycles. The van der Waals surface area contributed by atoms with Crippen molar-refractivity contribution in [1.29, 1.82) is 0 Å². The first-order chi connectivity index (χ1) is 14.3. The molecule has 0 unspecified atom stereocenters. The number of hydrogen-bond acceptors (Lipinski definition) is 1. The van der Waals surface area contributed by atoms with Crippen LogP contribution in [0.15, 0.2) is 11.6 Å². The number of fused-ring (bicyclic) bond motifs is 7. The third kappa shape index (κ3) is 2.60. The fourth-order valence-corrected chi connectivity index (χ4v) is 11.2. The molecule has 0 radical (unpaired) electrons. The standard InChI is InChI=1S/C30H50O/c1-19(2)20-9-12-24-28(20,6)17-18-29(7)22-10-11-23-26(3,4)25(31)14-15-27(23,5)21(22)13-16-30(24,29)8/h10,19-21,23-25,31H,9,11-18H2,1-8H3/t20-,21-,23+,24-,25-,27-,28-,29-,30+/m1/s1. The lowest BCUT2D eigenvalue weighted by Crippen LogP contribution is -2.62. The minimum atomic E-state index is -0.133. The highest BCUT2D eigenvalue weighted by atomic mass is 16.3. The summed E-state index contributed by atoms with van der Waals surface area (Å²) in [4.78, 5) is 0. The molecule has 1 heteroatoms. The summed E-state index contributed by atoms with van der Waals surface area (Å²) in [7, 11) is 0. The number of allylic oxidation sites excluding steroid dienone is 2. The Bertz CT molecular complexity index is 777. The van der Waals surface area contributed by atoms with Gasteiger partial charge in [0.1, 0.15) is 0 Å². The van der Waals surface area contributed by atoms with E-state index in [2.05, 4.69) is 61.5 Å². The Labute approximate surface area is 192 Å². The van der Waals surface area contributed by atoms with Crippen molar-refractivity contribution in [2.24, 2.45) is 56.7 Å². The molecular weight excluding hydrogens is 376 g/mol. The van der Waals surface area contributed by atoms with Gasteiger partial charge in [-0.05, 0) is 114 Å². The second kappa shape index (κ2) is 6.64. The quantitative estimate of drug-likeness (QED) is 0.421. The van der Waals surface area contributed by atoms with E-state index in [-0.39, 0.29) is 11.5 Å². The van der Waals surface area contributed by atoms with Crippen LogP contribution in [0.4, 0.5) is 0 Å². The molecule has 9 atom stereocenters. The maximum absolute atomic E-state index is 10.8. The number of hydrogen-bond donors (Lipinski definition) is 1. The van der Waals surface area contributed by atoms with Gasteiger partial charge in [0.15, 0.2) is 0 Å². The molecule has 4 saturated carbocycles. The van der Waals surface area contributed by atoms with Crippen LogP contribution in [-0.2, 0) is 0 Å². The van der Waals surface area contributed by atoms with Crippen molar-refractivity contribution in [3.05, 3.63) is 11.6 Å². The van der Waals surface area contributed by atoms with E-state index in [1.54, 1.807) is 0 Å². The van der Waals surface area contributed by atoms with Crippen LogP contribution in [0.3, 0.4) is 0 Å². The van der Waals surface area contributed by atoms with Gasteiger partial charge in [0, 0.05) is 0 Å². The van der Waals surface area contributed by atoms with E-state index < -0.39 is 0 Å². The maximum atomic E-state index is 10.8. The highest BCUT2D eigenvalue weighted by Gasteiger charge is 2.68. The molecule has 1 N–H and O–H groups in total. The van der Waals surface area contributed by atoms with Crippen molar-refractivity contribution >= 4 is 0 Å². The van der Waals surface area contributed by atoms with Crippen molar-refractivity contribution in [3.8, 4) is 0 Å². The lowest BCUT2D eigenvalue weighted by molar-refractivity contribution is -0.159. The molecule has 0 aliphatic heterocycles. The van der Waals surface area contributed by atoms with E-state index in [4.69, 9.17) is 0 Å². The molecule has 5 aliphatic rings. The van der Waals surface area contributed by atoms with Crippen molar-refractivity contribution < 1.29 is 5.11 Å². The Morgan fingerprint density at radius 2 is 1.52 bits per heavy atom. The predicted octanol–water partition coefficient (Wildman–Crippen LogP) is 8.02. The van der Waals surface area contributed by atoms with Gasteiger partial charge in [-0.15, -0.1) is 0 Å². The van der Waals surface area contributed by atoms with Gasteiger partial charge in [0.2, 0.25) is 0 Å². The van der Waals surface area contributed by atoms with Gasteiger partial charge in [-0.3, -0.25) is 0 Å². The first-order valence-corrected chi connectivity index (χ1v) is 13.7. The van der Waals surface area contributed by atoms with E-state index in [0.717, 1.165) is 30.1 Å². The SMILES string of the molecule is CC(C)[C@H]1CC[C@@H]2[C@]1(C)CC[C@]1(C)C3=CC[C@H]4C(C)(C)[C@H](O)CC[C@]4(C)[C@@H]3CC[C@@]21C. The summed E-state index contributed by atoms with van der Waals surface area (Å²) in [5.41, 5.74) is 3.65. The Morgan fingerprint density at radius 3 is 2.19 bits per heavy atom. The molecule has 4 fully saturated rings. The molecular formula is C30H50O. The smallest absolute Gasteiger partial charge is 0.0594 e. The second-order valence-corrected chi connectivity index (χ2v) is 14.7. The molecule has 176 valence electrons. The normalized spacial score (nSPS) is 55.7. The molecule has 0 bridgehead atoms. The van der Waals surface area contributed by atoms with Crippen LogP contribution >= 0.6 is 0 Å². The summed E-state index contributed by atoms with van der Waals surface area (Å²) in [6, 6.07) is 0. The third-order valence-electron chi connectivity index (χ3n) is 13.3. The summed E-state index contributed by atoms with van der Waals surface area (Å²) < 4.78 is 0. The molecule has 31 heavy (non-hydrogen) atoms. The summed E-state index contributed by atoms with van der Waals surface area (Å²) >= 11 is 0. The zero-order valence-corrected chi connectivity index (χ0v) is 21.9. The minimum Gasteiger partial charge on any atom is -0.393 e. The minimum absolute atomic E-state index is 0.0394. The van der Waals surface area contributed by atoms with E-state index in [9.17, 15) is 5.11 Å². The van der Waals surface area contributed by atoms with Gasteiger partial charge < -0.3 is 5.11 Å². The van der Waals surface area contributed by atoms with Crippen LogP contribution in [0, 0.1) is 56.7 Å². The maximum Gasteiger partial charge on any atom is 0.0594 e. The lowest BCUT2D eigenvalue weighted by Gasteiger charge is -2.69. The van der Waals surface area contributed by atoms with Crippen LogP contribution < -0.4 is 0 Å². The first kappa shape index (κ1) is 22.5. The molecule has 0 spiro atoms. The molecule has 0 amide bonds. The number of rotatable bonds is 1. The summed E-state index contributed by atoms with van der Waals surface area (Å²) in [6.45, 7) is 20.4. The van der Waals surface area contributed by atoms with Gasteiger partial charge >= 0.3 is 0 Å². The summed E-state index contributed by atoms with van der Waals surface area (Å²) in [5.74, 6) is 3.99. The van der Waals surface area contributed by atoms with E-state index in [1.165, 1.54) is 51.4 Å². The van der Waals surface area contributed by atoms with Gasteiger partial charge in [0.05, 0.1) is 6.10 Å². The average molecular weight is 427 g/mol. The monoisotopic (exact) mass is 426 g/mol. The summed E-state index contributed by atoms with van der Waals surface area (Å²) in [5, 5.41) is 10.8. The van der Waals surface area contributed by atoms with Crippen molar-refractivity contribution in [2.45, 2.75) is 119 Å².